The van der Waals surface area contributed by atoms with Crippen molar-refractivity contribution in [2.24, 2.45) is 9.98 Å². The van der Waals surface area contributed by atoms with Crippen molar-refractivity contribution in [3.05, 3.63) is 143 Å². The maximum atomic E-state index is 14.0. The number of hydrogen-bond donors (Lipinski definition) is 0. The van der Waals surface area contributed by atoms with Gasteiger partial charge in [0.15, 0.2) is 9.98 Å². The molecule has 0 unspecified atom stereocenters. The van der Waals surface area contributed by atoms with Crippen molar-refractivity contribution in [3.8, 4) is 11.5 Å². The number of nitrogens with zero attached hydrogens (tertiary/aromatic N) is 4. The largest absolute Gasteiger partial charge is 0.497 e. The third-order valence-electron chi connectivity index (χ3n) is 7.21. The Hall–Kier alpha value is -5.58. The number of benzene rings is 4. The summed E-state index contributed by atoms with van der Waals surface area (Å²) < 4.78 is 10.5. The van der Waals surface area contributed by atoms with Gasteiger partial charge in [-0.15, -0.1) is 0 Å². The van der Waals surface area contributed by atoms with Gasteiger partial charge in [0.1, 0.15) is 34.6 Å². The zero-order chi connectivity index (χ0) is 32.2. The Morgan fingerprint density at radius 3 is 1.24 bits per heavy atom. The van der Waals surface area contributed by atoms with Crippen molar-refractivity contribution in [1.82, 2.24) is 9.80 Å². The minimum atomic E-state index is -0.471. The summed E-state index contributed by atoms with van der Waals surface area (Å²) in [5.74, 6) is 1.04. The van der Waals surface area contributed by atoms with Gasteiger partial charge < -0.3 is 9.47 Å². The lowest BCUT2D eigenvalue weighted by Gasteiger charge is -2.25. The molecule has 2 aliphatic heterocycles. The van der Waals surface area contributed by atoms with Gasteiger partial charge in [-0.25, -0.2) is 19.8 Å². The summed E-state index contributed by atoms with van der Waals surface area (Å²) in [6.07, 6.45) is 3.34. The maximum Gasteiger partial charge on any atom is 0.283 e. The zero-order valence-electron chi connectivity index (χ0n) is 24.8. The van der Waals surface area contributed by atoms with Crippen molar-refractivity contribution in [2.45, 2.75) is 0 Å². The van der Waals surface area contributed by atoms with Gasteiger partial charge >= 0.3 is 0 Å². The van der Waals surface area contributed by atoms with Crippen molar-refractivity contribution in [1.29, 1.82) is 0 Å². The molecule has 4 aromatic rings. The Bertz CT molecular complexity index is 1820. The van der Waals surface area contributed by atoms with Crippen LogP contribution in [0.4, 0.5) is 0 Å². The number of thiocarbonyl (C=S) groups is 2. The average Bonchev–Trinajstić information content (AvgIpc) is 3.60. The van der Waals surface area contributed by atoms with Crippen LogP contribution in [0.25, 0.3) is 12.2 Å². The Kier molecular flexibility index (Phi) is 8.73. The molecule has 0 aromatic heterocycles. The van der Waals surface area contributed by atoms with Gasteiger partial charge in [0, 0.05) is 11.1 Å². The van der Waals surface area contributed by atoms with Crippen LogP contribution in [-0.2, 0) is 9.59 Å². The molecule has 4 aromatic carbocycles. The van der Waals surface area contributed by atoms with Crippen molar-refractivity contribution >= 4 is 70.1 Å². The highest BCUT2D eigenvalue weighted by molar-refractivity contribution is 7.89. The van der Waals surface area contributed by atoms with Gasteiger partial charge in [0.05, 0.1) is 14.2 Å². The summed E-state index contributed by atoms with van der Waals surface area (Å²) >= 11 is 11.8. The maximum absolute atomic E-state index is 14.0. The number of hydrogen-bond acceptors (Lipinski definition) is 8. The van der Waals surface area contributed by atoms with E-state index < -0.39 is 11.8 Å². The minimum Gasteiger partial charge on any atom is -0.497 e. The van der Waals surface area contributed by atoms with E-state index in [1.807, 2.05) is 84.9 Å². The highest BCUT2D eigenvalue weighted by Gasteiger charge is 2.41. The van der Waals surface area contributed by atoms with Crippen molar-refractivity contribution < 1.29 is 19.1 Å². The molecule has 0 saturated carbocycles. The van der Waals surface area contributed by atoms with Gasteiger partial charge in [-0.05, 0) is 47.5 Å². The highest BCUT2D eigenvalue weighted by Crippen LogP contribution is 2.28. The first-order valence-electron chi connectivity index (χ1n) is 14.1. The third-order valence-corrected chi connectivity index (χ3v) is 8.09. The number of ether oxygens (including phenoxy) is 2. The molecule has 226 valence electrons. The van der Waals surface area contributed by atoms with E-state index in [1.54, 1.807) is 50.6 Å². The van der Waals surface area contributed by atoms with Gasteiger partial charge in [0.2, 0.25) is 0 Å². The molecule has 2 amide bonds. The van der Waals surface area contributed by atoms with Crippen molar-refractivity contribution in [2.75, 3.05) is 14.2 Å². The van der Waals surface area contributed by atoms with E-state index in [-0.39, 0.29) is 21.4 Å². The van der Waals surface area contributed by atoms with Gasteiger partial charge in [-0.1, -0.05) is 109 Å². The molecule has 6 rings (SSSR count). The van der Waals surface area contributed by atoms with Gasteiger partial charge in [-0.3, -0.25) is 9.59 Å². The summed E-state index contributed by atoms with van der Waals surface area (Å²) in [5, 5.41) is 0. The summed E-state index contributed by atoms with van der Waals surface area (Å²) in [6.45, 7) is 0. The SMILES string of the molecule is COc1ccc(C=C2N=C(c3ccccc3)N(C(=S)C(=S)N3C(=O)C(=Cc4ccc(OC)cc4)N=C3c3ccccc3)C2=O)cc1. The van der Waals surface area contributed by atoms with Crippen LogP contribution in [-0.4, -0.2) is 57.5 Å². The van der Waals surface area contributed by atoms with E-state index in [1.165, 1.54) is 9.80 Å². The van der Waals surface area contributed by atoms with E-state index in [2.05, 4.69) is 0 Å². The van der Waals surface area contributed by atoms with Crippen LogP contribution in [0.15, 0.2) is 131 Å². The standard InChI is InChI=1S/C36H26N4O4S2/c1-43-27-17-13-23(14-18-27)21-29-33(41)39(31(37-29)25-9-5-3-6-10-25)35(45)36(46)40-32(26-11-7-4-8-12-26)38-30(34(40)42)22-24-15-19-28(44-2)20-16-24/h3-22H,1-2H3. The molecular weight excluding hydrogens is 617 g/mol. The summed E-state index contributed by atoms with van der Waals surface area (Å²) in [6, 6.07) is 32.9. The topological polar surface area (TPSA) is 83.8 Å². The zero-order valence-corrected chi connectivity index (χ0v) is 26.4. The molecule has 8 nitrogen and oxygen atoms in total. The lowest BCUT2D eigenvalue weighted by atomic mass is 10.1. The number of aliphatic imine (C=N–C) groups is 2. The van der Waals surface area contributed by atoms with Crippen LogP contribution in [0, 0.1) is 0 Å². The average molecular weight is 643 g/mol. The normalized spacial score (nSPS) is 16.1. The third kappa shape index (κ3) is 6.03. The van der Waals surface area contributed by atoms with Gasteiger partial charge in [-0.2, -0.15) is 0 Å². The van der Waals surface area contributed by atoms with E-state index in [0.29, 0.717) is 34.3 Å². The molecule has 0 N–H and O–H groups in total. The van der Waals surface area contributed by atoms with Crippen LogP contribution in [0.2, 0.25) is 0 Å². The molecule has 46 heavy (non-hydrogen) atoms. The Balaban J connectivity index is 1.38. The number of rotatable bonds is 6. The van der Waals surface area contributed by atoms with Crippen LogP contribution in [0.3, 0.4) is 0 Å². The highest BCUT2D eigenvalue weighted by atomic mass is 32.1. The fourth-order valence-electron chi connectivity index (χ4n) is 4.88. The molecule has 2 heterocycles. The first-order chi connectivity index (χ1) is 22.4. The molecule has 0 aliphatic carbocycles. The van der Waals surface area contributed by atoms with Crippen LogP contribution >= 0.6 is 24.4 Å². The number of carbonyl (C=O) groups excluding carboxylic acids is 2. The molecule has 0 radical (unpaired) electrons. The van der Waals surface area contributed by atoms with Crippen LogP contribution < -0.4 is 9.47 Å². The molecule has 0 spiro atoms. The monoisotopic (exact) mass is 642 g/mol. The van der Waals surface area contributed by atoms with Crippen molar-refractivity contribution in [3.63, 3.8) is 0 Å². The summed E-state index contributed by atoms with van der Waals surface area (Å²) in [5.41, 5.74) is 3.14. The minimum absolute atomic E-state index is 0.0524. The number of amidine groups is 2. The van der Waals surface area contributed by atoms with Crippen LogP contribution in [0.1, 0.15) is 22.3 Å². The van der Waals surface area contributed by atoms with Crippen LogP contribution in [0.5, 0.6) is 11.5 Å². The number of amides is 2. The molecule has 10 heteroatoms. The van der Waals surface area contributed by atoms with E-state index in [9.17, 15) is 9.59 Å². The Labute approximate surface area is 276 Å². The first-order valence-corrected chi connectivity index (χ1v) is 15.0. The Morgan fingerprint density at radius 2 is 0.913 bits per heavy atom. The molecule has 0 bridgehead atoms. The second-order valence-electron chi connectivity index (χ2n) is 10.1. The summed E-state index contributed by atoms with van der Waals surface area (Å²) in [7, 11) is 3.17. The lowest BCUT2D eigenvalue weighted by Crippen LogP contribution is -2.49. The van der Waals surface area contributed by atoms with E-state index >= 15 is 0 Å². The molecule has 0 atom stereocenters. The smallest absolute Gasteiger partial charge is 0.283 e. The van der Waals surface area contributed by atoms with E-state index in [4.69, 9.17) is 43.9 Å². The molecule has 0 saturated heterocycles. The Morgan fingerprint density at radius 1 is 0.565 bits per heavy atom. The van der Waals surface area contributed by atoms with E-state index in [0.717, 1.165) is 11.1 Å². The lowest BCUT2D eigenvalue weighted by molar-refractivity contribution is -0.121. The summed E-state index contributed by atoms with van der Waals surface area (Å²) in [4.78, 5) is 39.8. The second kappa shape index (κ2) is 13.2. The number of carbonyl (C=O) groups is 2. The molecule has 2 aliphatic rings. The molecule has 0 fully saturated rings. The van der Waals surface area contributed by atoms with Gasteiger partial charge in [0.25, 0.3) is 11.8 Å². The first kappa shape index (κ1) is 30.4. The predicted molar refractivity (Wildman–Crippen MR) is 187 cm³/mol. The fourth-order valence-corrected chi connectivity index (χ4v) is 5.40. The predicted octanol–water partition coefficient (Wildman–Crippen LogP) is 6.32. The second-order valence-corrected chi connectivity index (χ2v) is 10.9. The fraction of sp³-hybridized carbons (Fsp3) is 0.0556. The molecular formula is C36H26N4O4S2. The number of methoxy groups -OCH3 is 2. The quantitative estimate of drug-likeness (QED) is 0.181.